The van der Waals surface area contributed by atoms with E-state index in [-0.39, 0.29) is 0 Å². The Morgan fingerprint density at radius 2 is 1.61 bits per heavy atom. The molecule has 0 heterocycles. The molecule has 0 bridgehead atoms. The van der Waals surface area contributed by atoms with Crippen molar-refractivity contribution in [2.75, 3.05) is 0 Å². The maximum atomic E-state index is 5.55. The summed E-state index contributed by atoms with van der Waals surface area (Å²) in [5, 5.41) is 0. The van der Waals surface area contributed by atoms with E-state index in [1.807, 2.05) is 0 Å². The lowest BCUT2D eigenvalue weighted by atomic mass is 10.1. The zero-order valence-electron chi connectivity index (χ0n) is 11.5. The van der Waals surface area contributed by atoms with Crippen LogP contribution in [0.15, 0.2) is 24.3 Å². The van der Waals surface area contributed by atoms with Gasteiger partial charge in [0.2, 0.25) is 0 Å². The predicted octanol–water partition coefficient (Wildman–Crippen LogP) is 4.25. The van der Waals surface area contributed by atoms with Crippen molar-refractivity contribution >= 4 is 0 Å². The van der Waals surface area contributed by atoms with Gasteiger partial charge in [-0.15, -0.1) is 0 Å². The molecule has 0 saturated heterocycles. The number of nitrogens with two attached hydrogens (primary N) is 1. The summed E-state index contributed by atoms with van der Waals surface area (Å²) in [5.74, 6) is 6.46. The Balaban J connectivity index is 2.16. The monoisotopic (exact) mass is 243 g/mol. The quantitative estimate of drug-likeness (QED) is 0.562. The van der Waals surface area contributed by atoms with E-state index < -0.39 is 0 Å². The third kappa shape index (κ3) is 6.47. The summed E-state index contributed by atoms with van der Waals surface area (Å²) in [6, 6.07) is 8.20. The first-order valence-electron chi connectivity index (χ1n) is 7.14. The van der Waals surface area contributed by atoms with E-state index in [2.05, 4.69) is 43.0 Å². The lowest BCUT2D eigenvalue weighted by Crippen LogP contribution is -1.95. The molecule has 0 aromatic heterocycles. The van der Waals surface area contributed by atoms with Gasteiger partial charge in [-0.25, -0.2) is 0 Å². The van der Waals surface area contributed by atoms with Gasteiger partial charge in [-0.05, 0) is 24.1 Å². The molecule has 98 valence electrons. The Kier molecular flexibility index (Phi) is 8.01. The van der Waals surface area contributed by atoms with Gasteiger partial charge in [0, 0.05) is 18.5 Å². The van der Waals surface area contributed by atoms with Crippen LogP contribution in [0.5, 0.6) is 0 Å². The lowest BCUT2D eigenvalue weighted by Gasteiger charge is -1.97. The van der Waals surface area contributed by atoms with Gasteiger partial charge in [0.05, 0.1) is 0 Å². The van der Waals surface area contributed by atoms with Crippen LogP contribution in [0.4, 0.5) is 0 Å². The Morgan fingerprint density at radius 3 is 2.28 bits per heavy atom. The van der Waals surface area contributed by atoms with Crippen LogP contribution in [-0.4, -0.2) is 0 Å². The Hall–Kier alpha value is -1.26. The zero-order valence-corrected chi connectivity index (χ0v) is 11.5. The van der Waals surface area contributed by atoms with E-state index in [1.54, 1.807) is 0 Å². The molecule has 18 heavy (non-hydrogen) atoms. The smallest absolute Gasteiger partial charge is 0.0245 e. The second-order valence-electron chi connectivity index (χ2n) is 4.72. The Labute approximate surface area is 112 Å². The fourth-order valence-corrected chi connectivity index (χ4v) is 1.88. The topological polar surface area (TPSA) is 26.0 Å². The molecule has 1 aromatic carbocycles. The Morgan fingerprint density at radius 1 is 0.944 bits per heavy atom. The lowest BCUT2D eigenvalue weighted by molar-refractivity contribution is 0.614. The number of hydrogen-bond donors (Lipinski definition) is 1. The number of benzene rings is 1. The minimum atomic E-state index is 0.603. The molecule has 0 amide bonds. The van der Waals surface area contributed by atoms with E-state index in [1.165, 1.54) is 38.5 Å². The molecule has 0 unspecified atom stereocenters. The van der Waals surface area contributed by atoms with Crippen LogP contribution in [0.2, 0.25) is 0 Å². The van der Waals surface area contributed by atoms with Crippen molar-refractivity contribution < 1.29 is 0 Å². The third-order valence-corrected chi connectivity index (χ3v) is 3.08. The summed E-state index contributed by atoms with van der Waals surface area (Å²) >= 11 is 0. The first-order chi connectivity index (χ1) is 8.86. The van der Waals surface area contributed by atoms with Crippen molar-refractivity contribution in [3.8, 4) is 11.8 Å². The fraction of sp³-hybridized carbons (Fsp3) is 0.529. The second-order valence-corrected chi connectivity index (χ2v) is 4.72. The average Bonchev–Trinajstić information content (AvgIpc) is 2.42. The first-order valence-corrected chi connectivity index (χ1v) is 7.14. The van der Waals surface area contributed by atoms with Gasteiger partial charge < -0.3 is 5.73 Å². The van der Waals surface area contributed by atoms with E-state index >= 15 is 0 Å². The molecule has 1 heteroatoms. The summed E-state index contributed by atoms with van der Waals surface area (Å²) < 4.78 is 0. The van der Waals surface area contributed by atoms with Gasteiger partial charge in [-0.1, -0.05) is 63.0 Å². The maximum Gasteiger partial charge on any atom is 0.0245 e. The van der Waals surface area contributed by atoms with Crippen molar-refractivity contribution in [3.05, 3.63) is 35.4 Å². The molecule has 0 aliphatic carbocycles. The van der Waals surface area contributed by atoms with Gasteiger partial charge in [-0.2, -0.15) is 0 Å². The van der Waals surface area contributed by atoms with Crippen molar-refractivity contribution in [1.29, 1.82) is 0 Å². The van der Waals surface area contributed by atoms with Crippen LogP contribution in [0.1, 0.15) is 63.0 Å². The molecule has 0 atom stereocenters. The largest absolute Gasteiger partial charge is 0.326 e. The molecule has 0 aliphatic rings. The van der Waals surface area contributed by atoms with E-state index in [0.717, 1.165) is 17.5 Å². The van der Waals surface area contributed by atoms with Crippen molar-refractivity contribution in [1.82, 2.24) is 0 Å². The normalized spacial score (nSPS) is 9.89. The maximum absolute atomic E-state index is 5.55. The van der Waals surface area contributed by atoms with Crippen LogP contribution in [0, 0.1) is 11.8 Å². The predicted molar refractivity (Wildman–Crippen MR) is 79.2 cm³/mol. The fourth-order valence-electron chi connectivity index (χ4n) is 1.88. The van der Waals surface area contributed by atoms with Gasteiger partial charge in [0.15, 0.2) is 0 Å². The minimum Gasteiger partial charge on any atom is -0.326 e. The molecule has 0 saturated carbocycles. The number of rotatable bonds is 7. The van der Waals surface area contributed by atoms with E-state index in [0.29, 0.717) is 6.54 Å². The molecule has 0 radical (unpaired) electrons. The molecule has 1 nitrogen and oxygen atoms in total. The summed E-state index contributed by atoms with van der Waals surface area (Å²) in [6.45, 7) is 2.85. The molecular weight excluding hydrogens is 218 g/mol. The van der Waals surface area contributed by atoms with Crippen LogP contribution in [-0.2, 0) is 6.54 Å². The summed E-state index contributed by atoms with van der Waals surface area (Å²) in [7, 11) is 0. The highest BCUT2D eigenvalue weighted by Crippen LogP contribution is 2.06. The average molecular weight is 243 g/mol. The summed E-state index contributed by atoms with van der Waals surface area (Å²) in [4.78, 5) is 0. The molecule has 2 N–H and O–H groups in total. The Bertz CT molecular complexity index is 367. The standard InChI is InChI=1S/C17H25N/c1-2-3-4-5-6-7-8-9-10-16-11-13-17(15-18)14-12-16/h11-14H,2-8,15,18H2,1H3. The summed E-state index contributed by atoms with van der Waals surface area (Å²) in [6.07, 6.45) is 9.01. The molecule has 1 rings (SSSR count). The van der Waals surface area contributed by atoms with Crippen LogP contribution >= 0.6 is 0 Å². The molecule has 1 aromatic rings. The highest BCUT2D eigenvalue weighted by Gasteiger charge is 1.90. The van der Waals surface area contributed by atoms with Crippen molar-refractivity contribution in [3.63, 3.8) is 0 Å². The third-order valence-electron chi connectivity index (χ3n) is 3.08. The van der Waals surface area contributed by atoms with Crippen molar-refractivity contribution in [2.45, 2.75) is 58.4 Å². The van der Waals surface area contributed by atoms with E-state index in [4.69, 9.17) is 5.73 Å². The van der Waals surface area contributed by atoms with Crippen molar-refractivity contribution in [2.24, 2.45) is 5.73 Å². The minimum absolute atomic E-state index is 0.603. The van der Waals surface area contributed by atoms with Crippen LogP contribution < -0.4 is 5.73 Å². The highest BCUT2D eigenvalue weighted by molar-refractivity contribution is 5.36. The highest BCUT2D eigenvalue weighted by atomic mass is 14.5. The number of hydrogen-bond acceptors (Lipinski definition) is 1. The zero-order chi connectivity index (χ0) is 13.1. The van der Waals surface area contributed by atoms with Gasteiger partial charge in [0.1, 0.15) is 0 Å². The molecule has 0 fully saturated rings. The van der Waals surface area contributed by atoms with Gasteiger partial charge in [0.25, 0.3) is 0 Å². The van der Waals surface area contributed by atoms with Gasteiger partial charge >= 0.3 is 0 Å². The van der Waals surface area contributed by atoms with E-state index in [9.17, 15) is 0 Å². The van der Waals surface area contributed by atoms with Crippen LogP contribution in [0.3, 0.4) is 0 Å². The second kappa shape index (κ2) is 9.74. The van der Waals surface area contributed by atoms with Gasteiger partial charge in [-0.3, -0.25) is 0 Å². The molecule has 0 aliphatic heterocycles. The SMILES string of the molecule is CCCCCCCCC#Cc1ccc(CN)cc1. The number of unbranched alkanes of at least 4 members (excludes halogenated alkanes) is 6. The molecular formula is C17H25N. The first kappa shape index (κ1) is 14.8. The van der Waals surface area contributed by atoms with Crippen LogP contribution in [0.25, 0.3) is 0 Å². The molecule has 0 spiro atoms. The summed E-state index contributed by atoms with van der Waals surface area (Å²) in [5.41, 5.74) is 7.81.